The predicted molar refractivity (Wildman–Crippen MR) is 87.4 cm³/mol. The van der Waals surface area contributed by atoms with E-state index in [0.29, 0.717) is 18.8 Å². The van der Waals surface area contributed by atoms with Crippen LogP contribution >= 0.6 is 0 Å². The molecule has 2 aromatic rings. The molecule has 2 aromatic heterocycles. The van der Waals surface area contributed by atoms with Crippen LogP contribution in [0, 0.1) is 0 Å². The van der Waals surface area contributed by atoms with Gasteiger partial charge < -0.3 is 10.7 Å². The Bertz CT molecular complexity index is 851. The highest BCUT2D eigenvalue weighted by Crippen LogP contribution is 2.20. The lowest BCUT2D eigenvalue weighted by atomic mass is 9.96. The zero-order valence-electron chi connectivity index (χ0n) is 14.0. The molecular weight excluding hydrogens is 298 g/mol. The van der Waals surface area contributed by atoms with E-state index in [-0.39, 0.29) is 35.1 Å². The van der Waals surface area contributed by atoms with Crippen LogP contribution in [-0.2, 0) is 23.3 Å². The maximum absolute atomic E-state index is 12.6. The van der Waals surface area contributed by atoms with E-state index in [4.69, 9.17) is 5.73 Å². The van der Waals surface area contributed by atoms with Gasteiger partial charge in [-0.15, -0.1) is 0 Å². The Hall–Kier alpha value is -2.38. The first-order valence-corrected chi connectivity index (χ1v) is 7.69. The molecule has 3 N–H and O–H groups in total. The van der Waals surface area contributed by atoms with E-state index in [1.807, 2.05) is 27.7 Å². The SMILES string of the molecule is CCCn1c(=O)c2[nH]c(C(C)(C)C)nc2n(CCC(N)=O)c1=O. The fourth-order valence-electron chi connectivity index (χ4n) is 2.37. The molecule has 0 radical (unpaired) electrons. The van der Waals surface area contributed by atoms with Gasteiger partial charge in [-0.2, -0.15) is 0 Å². The first-order chi connectivity index (χ1) is 10.7. The molecular formula is C15H23N5O3. The third-order valence-electron chi connectivity index (χ3n) is 3.60. The number of primary amides is 1. The van der Waals surface area contributed by atoms with E-state index in [9.17, 15) is 14.4 Å². The monoisotopic (exact) mass is 321 g/mol. The third-order valence-corrected chi connectivity index (χ3v) is 3.60. The van der Waals surface area contributed by atoms with Crippen LogP contribution in [0.15, 0.2) is 9.59 Å². The molecule has 23 heavy (non-hydrogen) atoms. The molecule has 0 aliphatic rings. The molecule has 0 aliphatic carbocycles. The summed E-state index contributed by atoms with van der Waals surface area (Å²) in [6.45, 7) is 8.18. The van der Waals surface area contributed by atoms with Crippen molar-refractivity contribution >= 4 is 17.1 Å². The molecule has 2 rings (SSSR count). The van der Waals surface area contributed by atoms with Gasteiger partial charge in [-0.3, -0.25) is 18.7 Å². The number of amides is 1. The van der Waals surface area contributed by atoms with Crippen molar-refractivity contribution < 1.29 is 4.79 Å². The van der Waals surface area contributed by atoms with Crippen LogP contribution in [0.4, 0.5) is 0 Å². The molecule has 0 atom stereocenters. The maximum Gasteiger partial charge on any atom is 0.332 e. The quantitative estimate of drug-likeness (QED) is 0.832. The first kappa shape index (κ1) is 17.0. The lowest BCUT2D eigenvalue weighted by Gasteiger charge is -2.13. The second-order valence-electron chi connectivity index (χ2n) is 6.64. The zero-order chi connectivity index (χ0) is 17.4. The van der Waals surface area contributed by atoms with Crippen LogP contribution in [0.25, 0.3) is 11.2 Å². The van der Waals surface area contributed by atoms with E-state index in [0.717, 1.165) is 0 Å². The number of rotatable bonds is 5. The highest BCUT2D eigenvalue weighted by atomic mass is 16.2. The summed E-state index contributed by atoms with van der Waals surface area (Å²) in [6, 6.07) is 0. The second-order valence-corrected chi connectivity index (χ2v) is 6.64. The van der Waals surface area contributed by atoms with Crippen LogP contribution in [0.3, 0.4) is 0 Å². The number of hydrogen-bond acceptors (Lipinski definition) is 4. The molecule has 2 heterocycles. The maximum atomic E-state index is 12.6. The molecule has 0 unspecified atom stereocenters. The lowest BCUT2D eigenvalue weighted by molar-refractivity contribution is -0.118. The number of carbonyl (C=O) groups is 1. The summed E-state index contributed by atoms with van der Waals surface area (Å²) in [7, 11) is 0. The minimum atomic E-state index is -0.509. The first-order valence-electron chi connectivity index (χ1n) is 7.69. The van der Waals surface area contributed by atoms with Gasteiger partial charge in [0, 0.05) is 24.9 Å². The van der Waals surface area contributed by atoms with Crippen molar-refractivity contribution in [2.45, 2.75) is 59.0 Å². The lowest BCUT2D eigenvalue weighted by Crippen LogP contribution is -2.40. The molecule has 1 amide bonds. The number of aryl methyl sites for hydroxylation is 1. The van der Waals surface area contributed by atoms with Crippen LogP contribution in [-0.4, -0.2) is 25.0 Å². The summed E-state index contributed by atoms with van der Waals surface area (Å²) in [6.07, 6.45) is 0.661. The van der Waals surface area contributed by atoms with Crippen molar-refractivity contribution in [3.05, 3.63) is 26.7 Å². The van der Waals surface area contributed by atoms with Crippen molar-refractivity contribution in [2.75, 3.05) is 0 Å². The van der Waals surface area contributed by atoms with Crippen molar-refractivity contribution in [3.8, 4) is 0 Å². The standard InChI is InChI=1S/C15H23N5O3/c1-5-7-20-12(22)10-11(18-13(17-10)15(2,3)4)19(14(20)23)8-6-9(16)21/h5-8H2,1-4H3,(H2,16,21)(H,17,18). The Balaban J connectivity index is 2.78. The smallest absolute Gasteiger partial charge is 0.332 e. The molecule has 0 fully saturated rings. The van der Waals surface area contributed by atoms with Crippen LogP contribution in [0.5, 0.6) is 0 Å². The van der Waals surface area contributed by atoms with Crippen molar-refractivity contribution in [2.24, 2.45) is 5.73 Å². The van der Waals surface area contributed by atoms with Gasteiger partial charge in [0.05, 0.1) is 0 Å². The van der Waals surface area contributed by atoms with E-state index in [1.54, 1.807) is 0 Å². The van der Waals surface area contributed by atoms with Crippen LogP contribution < -0.4 is 17.0 Å². The van der Waals surface area contributed by atoms with Gasteiger partial charge >= 0.3 is 5.69 Å². The number of aromatic amines is 1. The summed E-state index contributed by atoms with van der Waals surface area (Å²) in [5.41, 5.74) is 4.60. The normalized spacial score (nSPS) is 12.0. The Kier molecular flexibility index (Phi) is 4.44. The van der Waals surface area contributed by atoms with Gasteiger partial charge in [-0.25, -0.2) is 9.78 Å². The number of carbonyl (C=O) groups excluding carboxylic acids is 1. The Morgan fingerprint density at radius 2 is 1.87 bits per heavy atom. The number of fused-ring (bicyclic) bond motifs is 1. The summed E-state index contributed by atoms with van der Waals surface area (Å²) in [5, 5.41) is 0. The van der Waals surface area contributed by atoms with Crippen LogP contribution in [0.2, 0.25) is 0 Å². The molecule has 0 spiro atoms. The number of H-pyrrole nitrogens is 1. The van der Waals surface area contributed by atoms with Crippen LogP contribution in [0.1, 0.15) is 46.4 Å². The summed E-state index contributed by atoms with van der Waals surface area (Å²) in [5.74, 6) is 0.107. The topological polar surface area (TPSA) is 116 Å². The number of aromatic nitrogens is 4. The third kappa shape index (κ3) is 3.20. The zero-order valence-corrected chi connectivity index (χ0v) is 14.0. The summed E-state index contributed by atoms with van der Waals surface area (Å²) >= 11 is 0. The second kappa shape index (κ2) is 6.02. The predicted octanol–water partition coefficient (Wildman–Crippen LogP) is 0.469. The number of nitrogens with zero attached hydrogens (tertiary/aromatic N) is 3. The van der Waals surface area contributed by atoms with Crippen molar-refractivity contribution in [3.63, 3.8) is 0 Å². The van der Waals surface area contributed by atoms with E-state index in [1.165, 1.54) is 9.13 Å². The van der Waals surface area contributed by atoms with E-state index < -0.39 is 11.6 Å². The minimum absolute atomic E-state index is 0.0110. The Morgan fingerprint density at radius 1 is 1.22 bits per heavy atom. The highest BCUT2D eigenvalue weighted by Gasteiger charge is 2.23. The number of hydrogen-bond donors (Lipinski definition) is 2. The molecule has 8 heteroatoms. The Morgan fingerprint density at radius 3 is 2.39 bits per heavy atom. The average Bonchev–Trinajstić information content (AvgIpc) is 2.88. The summed E-state index contributed by atoms with van der Waals surface area (Å²) in [4.78, 5) is 43.7. The van der Waals surface area contributed by atoms with Gasteiger partial charge in [0.2, 0.25) is 5.91 Å². The average molecular weight is 321 g/mol. The molecule has 0 bridgehead atoms. The van der Waals surface area contributed by atoms with E-state index >= 15 is 0 Å². The highest BCUT2D eigenvalue weighted by molar-refractivity contribution is 5.74. The van der Waals surface area contributed by atoms with Crippen molar-refractivity contribution in [1.29, 1.82) is 0 Å². The number of nitrogens with one attached hydrogen (secondary N) is 1. The van der Waals surface area contributed by atoms with Gasteiger partial charge in [0.1, 0.15) is 11.3 Å². The fraction of sp³-hybridized carbons (Fsp3) is 0.600. The van der Waals surface area contributed by atoms with E-state index in [2.05, 4.69) is 9.97 Å². The molecule has 0 saturated carbocycles. The number of imidazole rings is 1. The van der Waals surface area contributed by atoms with Gasteiger partial charge in [0.15, 0.2) is 5.65 Å². The minimum Gasteiger partial charge on any atom is -0.370 e. The molecule has 0 saturated heterocycles. The molecule has 126 valence electrons. The Labute approximate surface area is 133 Å². The summed E-state index contributed by atoms with van der Waals surface area (Å²) < 4.78 is 2.52. The van der Waals surface area contributed by atoms with Gasteiger partial charge in [-0.1, -0.05) is 27.7 Å². The fourth-order valence-corrected chi connectivity index (χ4v) is 2.37. The van der Waals surface area contributed by atoms with Gasteiger partial charge in [-0.05, 0) is 6.42 Å². The van der Waals surface area contributed by atoms with Crippen molar-refractivity contribution in [1.82, 2.24) is 19.1 Å². The largest absolute Gasteiger partial charge is 0.370 e. The van der Waals surface area contributed by atoms with Gasteiger partial charge in [0.25, 0.3) is 5.56 Å². The molecule has 8 nitrogen and oxygen atoms in total. The molecule has 0 aromatic carbocycles. The molecule has 0 aliphatic heterocycles. The number of nitrogens with two attached hydrogens (primary N) is 1.